The van der Waals surface area contributed by atoms with E-state index in [1.807, 2.05) is 7.05 Å². The van der Waals surface area contributed by atoms with Crippen LogP contribution in [0.2, 0.25) is 0 Å². The predicted octanol–water partition coefficient (Wildman–Crippen LogP) is 7.76. The van der Waals surface area contributed by atoms with Crippen LogP contribution in [0.4, 0.5) is 32.0 Å². The fourth-order valence-corrected chi connectivity index (χ4v) is 6.65. The van der Waals surface area contributed by atoms with Gasteiger partial charge in [0.1, 0.15) is 0 Å². The molecule has 5 nitrogen and oxygen atoms in total. The van der Waals surface area contributed by atoms with Crippen LogP contribution in [0.3, 0.4) is 0 Å². The number of hydrogen-bond donors (Lipinski definition) is 1. The maximum absolute atomic E-state index is 14.4. The van der Waals surface area contributed by atoms with Gasteiger partial charge in [-0.3, -0.25) is 4.79 Å². The number of alkyl halides is 6. The summed E-state index contributed by atoms with van der Waals surface area (Å²) in [4.78, 5) is 16.5. The number of halogens is 6. The van der Waals surface area contributed by atoms with Gasteiger partial charge in [-0.05, 0) is 69.1 Å². The Balaban J connectivity index is 0.00000135. The maximum Gasteiger partial charge on any atom is 0.418 e. The molecule has 3 fully saturated rings. The Labute approximate surface area is 253 Å². The van der Waals surface area contributed by atoms with E-state index in [4.69, 9.17) is 4.74 Å². The highest BCUT2D eigenvalue weighted by Gasteiger charge is 2.53. The molecule has 5 rings (SSSR count). The Bertz CT molecular complexity index is 1240. The van der Waals surface area contributed by atoms with Gasteiger partial charge in [-0.25, -0.2) is 0 Å². The molecule has 2 saturated heterocycles. The van der Waals surface area contributed by atoms with Crippen molar-refractivity contribution in [3.8, 4) is 0 Å². The first kappa shape index (κ1) is 33.5. The lowest BCUT2D eigenvalue weighted by molar-refractivity contribution is -0.164. The maximum atomic E-state index is 14.4. The third-order valence-electron chi connectivity index (χ3n) is 7.78. The van der Waals surface area contributed by atoms with Crippen LogP contribution in [0.1, 0.15) is 62.1 Å². The molecule has 2 unspecified atom stereocenters. The number of nitrogens with one attached hydrogen (secondary N) is 1. The number of piperidine rings is 1. The summed E-state index contributed by atoms with van der Waals surface area (Å²) in [5, 5.41) is 3.38. The molecule has 2 aromatic carbocycles. The summed E-state index contributed by atoms with van der Waals surface area (Å²) >= 11 is 0.676. The molecule has 0 aromatic heterocycles. The van der Waals surface area contributed by atoms with Gasteiger partial charge in [-0.15, -0.1) is 0 Å². The molecular weight excluding hydrogens is 592 g/mol. The second-order valence-corrected chi connectivity index (χ2v) is 12.4. The van der Waals surface area contributed by atoms with Crippen molar-refractivity contribution >= 4 is 23.4 Å². The number of likely N-dealkylation sites (tertiary alicyclic amines) is 1. The molecule has 43 heavy (non-hydrogen) atoms. The SMILES string of the molecule is CCC.CN1CCC(Nc2ccccc2Sc2ccc(C3CC3C(=O)N3CCOCC3)c(C(F)(F)F)c2C(F)(F)F)CC1. The first-order valence-electron chi connectivity index (χ1n) is 14.7. The standard InChI is InChI=1S/C28H31F6N3O2S.C3H8/c1-36-10-8-17(9-11-36)35-21-4-2-3-5-22(21)40-23-7-6-18(24(27(29,30)31)25(23)28(32,33)34)19-16-20(19)26(38)37-12-14-39-15-13-37;1-3-2/h2-7,17,19-20,35H,8-16H2,1H3;3H2,1-2H3. The predicted molar refractivity (Wildman–Crippen MR) is 155 cm³/mol. The number of benzene rings is 2. The summed E-state index contributed by atoms with van der Waals surface area (Å²) in [6, 6.07) is 9.11. The lowest BCUT2D eigenvalue weighted by Crippen LogP contribution is -2.41. The van der Waals surface area contributed by atoms with E-state index in [1.54, 1.807) is 24.3 Å². The largest absolute Gasteiger partial charge is 0.418 e. The van der Waals surface area contributed by atoms with Gasteiger partial charge in [0, 0.05) is 40.5 Å². The van der Waals surface area contributed by atoms with E-state index < -0.39 is 45.8 Å². The van der Waals surface area contributed by atoms with E-state index in [0.717, 1.165) is 38.1 Å². The van der Waals surface area contributed by atoms with Crippen molar-refractivity contribution in [2.45, 2.75) is 73.6 Å². The quantitative estimate of drug-likeness (QED) is 0.330. The number of ether oxygens (including phenoxy) is 1. The summed E-state index contributed by atoms with van der Waals surface area (Å²) in [5.41, 5.74) is -3.26. The highest BCUT2D eigenvalue weighted by Crippen LogP contribution is 2.56. The molecule has 2 aliphatic heterocycles. The second kappa shape index (κ2) is 14.1. The number of rotatable bonds is 6. The minimum atomic E-state index is -5.25. The molecule has 1 amide bonds. The van der Waals surface area contributed by atoms with Crippen LogP contribution in [0.15, 0.2) is 46.2 Å². The van der Waals surface area contributed by atoms with Gasteiger partial charge in [-0.2, -0.15) is 26.3 Å². The molecule has 2 atom stereocenters. The minimum absolute atomic E-state index is 0.0897. The molecule has 2 heterocycles. The normalized spacial score (nSPS) is 21.7. The van der Waals surface area contributed by atoms with E-state index in [0.29, 0.717) is 48.6 Å². The topological polar surface area (TPSA) is 44.8 Å². The van der Waals surface area contributed by atoms with E-state index in [9.17, 15) is 31.1 Å². The summed E-state index contributed by atoms with van der Waals surface area (Å²) < 4.78 is 91.8. The number of carbonyl (C=O) groups excluding carboxylic acids is 1. The van der Waals surface area contributed by atoms with E-state index in [-0.39, 0.29) is 18.4 Å². The van der Waals surface area contributed by atoms with Gasteiger partial charge in [0.15, 0.2) is 0 Å². The summed E-state index contributed by atoms with van der Waals surface area (Å²) in [7, 11) is 2.02. The van der Waals surface area contributed by atoms with Crippen LogP contribution in [-0.2, 0) is 21.9 Å². The molecule has 12 heteroatoms. The third kappa shape index (κ3) is 8.39. The average molecular weight is 632 g/mol. The number of para-hydroxylation sites is 1. The zero-order valence-corrected chi connectivity index (χ0v) is 25.5. The van der Waals surface area contributed by atoms with E-state index in [1.165, 1.54) is 11.3 Å². The zero-order valence-electron chi connectivity index (χ0n) is 24.7. The van der Waals surface area contributed by atoms with Crippen LogP contribution >= 0.6 is 11.8 Å². The van der Waals surface area contributed by atoms with Crippen molar-refractivity contribution in [3.63, 3.8) is 0 Å². The van der Waals surface area contributed by atoms with Gasteiger partial charge < -0.3 is 19.9 Å². The minimum Gasteiger partial charge on any atom is -0.381 e. The molecule has 0 radical (unpaired) electrons. The molecule has 238 valence electrons. The highest BCUT2D eigenvalue weighted by atomic mass is 32.2. The van der Waals surface area contributed by atoms with Crippen molar-refractivity contribution in [2.75, 3.05) is 51.8 Å². The number of hydrogen-bond acceptors (Lipinski definition) is 5. The van der Waals surface area contributed by atoms with Crippen LogP contribution < -0.4 is 5.32 Å². The van der Waals surface area contributed by atoms with Crippen molar-refractivity contribution in [1.82, 2.24) is 9.80 Å². The number of anilines is 1. The van der Waals surface area contributed by atoms with E-state index >= 15 is 0 Å². The van der Waals surface area contributed by atoms with Crippen molar-refractivity contribution < 1.29 is 35.9 Å². The molecule has 1 aliphatic carbocycles. The Kier molecular flexibility index (Phi) is 11.0. The van der Waals surface area contributed by atoms with Crippen molar-refractivity contribution in [3.05, 3.63) is 53.1 Å². The zero-order chi connectivity index (χ0) is 31.4. The van der Waals surface area contributed by atoms with Gasteiger partial charge in [0.2, 0.25) is 5.91 Å². The summed E-state index contributed by atoms with van der Waals surface area (Å²) in [6.07, 6.45) is -7.47. The summed E-state index contributed by atoms with van der Waals surface area (Å²) in [6.45, 7) is 7.30. The fraction of sp³-hybridized carbons (Fsp3) is 0.581. The Morgan fingerprint density at radius 2 is 1.51 bits per heavy atom. The molecule has 1 N–H and O–H groups in total. The average Bonchev–Trinajstić information content (AvgIpc) is 3.75. The molecule has 2 aromatic rings. The number of carbonyl (C=O) groups is 1. The van der Waals surface area contributed by atoms with Gasteiger partial charge in [0.05, 0.1) is 24.3 Å². The number of morpholine rings is 1. The first-order chi connectivity index (χ1) is 20.3. The lowest BCUT2D eigenvalue weighted by Gasteiger charge is -2.30. The monoisotopic (exact) mass is 631 g/mol. The molecular formula is C31H39F6N3O2S. The third-order valence-corrected chi connectivity index (χ3v) is 8.92. The molecule has 0 spiro atoms. The summed E-state index contributed by atoms with van der Waals surface area (Å²) in [5.74, 6) is -2.01. The Hall–Kier alpha value is -2.44. The number of nitrogens with zero attached hydrogens (tertiary/aromatic N) is 2. The molecule has 3 aliphatic rings. The molecule has 0 bridgehead atoms. The smallest absolute Gasteiger partial charge is 0.381 e. The Morgan fingerprint density at radius 3 is 2.12 bits per heavy atom. The van der Waals surface area contributed by atoms with Crippen molar-refractivity contribution in [1.29, 1.82) is 0 Å². The number of amides is 1. The second-order valence-electron chi connectivity index (χ2n) is 11.3. The van der Waals surface area contributed by atoms with Crippen LogP contribution in [0.25, 0.3) is 0 Å². The van der Waals surface area contributed by atoms with Crippen LogP contribution in [0.5, 0.6) is 0 Å². The van der Waals surface area contributed by atoms with Gasteiger partial charge in [-0.1, -0.05) is 50.2 Å². The van der Waals surface area contributed by atoms with Crippen LogP contribution in [-0.4, -0.2) is 68.2 Å². The van der Waals surface area contributed by atoms with Crippen LogP contribution in [0, 0.1) is 5.92 Å². The highest BCUT2D eigenvalue weighted by molar-refractivity contribution is 7.99. The lowest BCUT2D eigenvalue weighted by atomic mass is 9.95. The van der Waals surface area contributed by atoms with Crippen molar-refractivity contribution in [2.24, 2.45) is 5.92 Å². The van der Waals surface area contributed by atoms with Gasteiger partial charge >= 0.3 is 12.4 Å². The van der Waals surface area contributed by atoms with E-state index in [2.05, 4.69) is 24.1 Å². The Morgan fingerprint density at radius 1 is 0.907 bits per heavy atom. The van der Waals surface area contributed by atoms with Gasteiger partial charge in [0.25, 0.3) is 0 Å². The molecule has 1 saturated carbocycles. The first-order valence-corrected chi connectivity index (χ1v) is 15.6. The fourth-order valence-electron chi connectivity index (χ4n) is 5.58.